The Hall–Kier alpha value is -1.98. The van der Waals surface area contributed by atoms with Crippen molar-refractivity contribution in [2.75, 3.05) is 11.9 Å². The molecule has 1 amide bonds. The quantitative estimate of drug-likeness (QED) is 0.788. The lowest BCUT2D eigenvalue weighted by Gasteiger charge is -2.30. The number of nitrogens with one attached hydrogen (secondary N) is 2. The van der Waals surface area contributed by atoms with E-state index in [4.69, 9.17) is 10.5 Å². The van der Waals surface area contributed by atoms with Crippen molar-refractivity contribution in [1.82, 2.24) is 4.98 Å². The SMILES string of the molecule is CCNc1cc(C)[nH]c(=O)c1C(OC(N)=O)C(C)(C)C. The lowest BCUT2D eigenvalue weighted by atomic mass is 9.84. The van der Waals surface area contributed by atoms with Gasteiger partial charge in [-0.3, -0.25) is 4.79 Å². The summed E-state index contributed by atoms with van der Waals surface area (Å²) < 4.78 is 5.19. The number of aryl methyl sites for hydroxylation is 1. The number of carbonyl (C=O) groups is 1. The summed E-state index contributed by atoms with van der Waals surface area (Å²) in [5, 5.41) is 3.13. The first-order valence-corrected chi connectivity index (χ1v) is 6.60. The molecule has 6 heteroatoms. The Labute approximate surface area is 118 Å². The molecular weight excluding hydrogens is 258 g/mol. The number of rotatable bonds is 4. The van der Waals surface area contributed by atoms with Crippen molar-refractivity contribution >= 4 is 11.8 Å². The van der Waals surface area contributed by atoms with Crippen LogP contribution in [0.15, 0.2) is 10.9 Å². The van der Waals surface area contributed by atoms with Crippen LogP contribution in [0.1, 0.15) is 45.1 Å². The predicted octanol–water partition coefficient (Wildman–Crippen LogP) is 2.30. The molecule has 0 aliphatic heterocycles. The summed E-state index contributed by atoms with van der Waals surface area (Å²) in [6, 6.07) is 1.82. The lowest BCUT2D eigenvalue weighted by Crippen LogP contribution is -2.32. The number of hydrogen-bond donors (Lipinski definition) is 3. The maximum absolute atomic E-state index is 12.3. The molecule has 0 fully saturated rings. The van der Waals surface area contributed by atoms with Crippen LogP contribution in [0.3, 0.4) is 0 Å². The zero-order valence-electron chi connectivity index (χ0n) is 12.7. The zero-order valence-corrected chi connectivity index (χ0v) is 12.7. The van der Waals surface area contributed by atoms with E-state index in [1.807, 2.05) is 33.8 Å². The topological polar surface area (TPSA) is 97.2 Å². The third-order valence-corrected chi connectivity index (χ3v) is 2.86. The number of ether oxygens (including phenoxy) is 1. The second kappa shape index (κ2) is 5.98. The number of H-pyrrole nitrogens is 1. The molecule has 1 heterocycles. The van der Waals surface area contributed by atoms with E-state index >= 15 is 0 Å². The molecule has 1 rings (SSSR count). The molecule has 0 radical (unpaired) electrons. The fourth-order valence-electron chi connectivity index (χ4n) is 2.08. The van der Waals surface area contributed by atoms with Crippen LogP contribution in [0, 0.1) is 12.3 Å². The van der Waals surface area contributed by atoms with Crippen LogP contribution in [0.4, 0.5) is 10.5 Å². The van der Waals surface area contributed by atoms with Crippen molar-refractivity contribution in [3.8, 4) is 0 Å². The summed E-state index contributed by atoms with van der Waals surface area (Å²) in [6.07, 6.45) is -1.62. The number of carbonyl (C=O) groups excluding carboxylic acids is 1. The third-order valence-electron chi connectivity index (χ3n) is 2.86. The molecule has 4 N–H and O–H groups in total. The van der Waals surface area contributed by atoms with Gasteiger partial charge in [0, 0.05) is 23.3 Å². The fourth-order valence-corrected chi connectivity index (χ4v) is 2.08. The normalized spacial score (nSPS) is 12.8. The van der Waals surface area contributed by atoms with E-state index in [2.05, 4.69) is 10.3 Å². The van der Waals surface area contributed by atoms with Crippen molar-refractivity contribution in [2.45, 2.75) is 40.7 Å². The van der Waals surface area contributed by atoms with Gasteiger partial charge in [0.1, 0.15) is 6.10 Å². The van der Waals surface area contributed by atoms with Crippen LogP contribution in [-0.2, 0) is 4.74 Å². The number of anilines is 1. The molecule has 1 aromatic rings. The number of nitrogens with two attached hydrogens (primary N) is 1. The summed E-state index contributed by atoms with van der Waals surface area (Å²) in [5.41, 5.74) is 6.20. The molecular formula is C14H23N3O3. The molecule has 0 bridgehead atoms. The summed E-state index contributed by atoms with van der Waals surface area (Å²) in [7, 11) is 0. The Bertz CT molecular complexity index is 544. The van der Waals surface area contributed by atoms with Crippen molar-refractivity contribution in [3.05, 3.63) is 27.7 Å². The first kappa shape index (κ1) is 16.1. The van der Waals surface area contributed by atoms with Gasteiger partial charge >= 0.3 is 6.09 Å². The summed E-state index contributed by atoms with van der Waals surface area (Å²) >= 11 is 0. The number of aromatic amines is 1. The number of hydrogen-bond acceptors (Lipinski definition) is 4. The maximum Gasteiger partial charge on any atom is 0.405 e. The highest BCUT2D eigenvalue weighted by molar-refractivity contribution is 5.66. The second-order valence-corrected chi connectivity index (χ2v) is 5.82. The van der Waals surface area contributed by atoms with Crippen molar-refractivity contribution < 1.29 is 9.53 Å². The number of aromatic nitrogens is 1. The molecule has 1 aromatic heterocycles. The van der Waals surface area contributed by atoms with E-state index in [1.54, 1.807) is 6.92 Å². The van der Waals surface area contributed by atoms with E-state index in [0.29, 0.717) is 17.8 Å². The molecule has 1 atom stereocenters. The Morgan fingerprint density at radius 1 is 1.50 bits per heavy atom. The lowest BCUT2D eigenvalue weighted by molar-refractivity contribution is 0.0355. The number of pyridine rings is 1. The van der Waals surface area contributed by atoms with E-state index in [1.165, 1.54) is 0 Å². The van der Waals surface area contributed by atoms with Gasteiger partial charge in [-0.2, -0.15) is 0 Å². The Morgan fingerprint density at radius 3 is 2.55 bits per heavy atom. The molecule has 112 valence electrons. The Balaban J connectivity index is 3.46. The summed E-state index contributed by atoms with van der Waals surface area (Å²) in [5.74, 6) is 0. The summed E-state index contributed by atoms with van der Waals surface area (Å²) in [6.45, 7) is 10.0. The largest absolute Gasteiger partial charge is 0.441 e. The standard InChI is InChI=1S/C14H23N3O3/c1-6-16-9-7-8(2)17-12(18)10(9)11(14(3,4)5)20-13(15)19/h7,11H,6H2,1-5H3,(H2,15,19)(H2,16,17,18). The third kappa shape index (κ3) is 3.76. The van der Waals surface area contributed by atoms with Gasteiger partial charge in [0.2, 0.25) is 0 Å². The van der Waals surface area contributed by atoms with Crippen molar-refractivity contribution in [2.24, 2.45) is 11.1 Å². The van der Waals surface area contributed by atoms with Crippen molar-refractivity contribution in [1.29, 1.82) is 0 Å². The molecule has 0 saturated heterocycles. The van der Waals surface area contributed by atoms with Gasteiger partial charge in [0.05, 0.1) is 5.56 Å². The van der Waals surface area contributed by atoms with Gasteiger partial charge in [-0.25, -0.2) is 4.79 Å². The van der Waals surface area contributed by atoms with Crippen LogP contribution < -0.4 is 16.6 Å². The van der Waals surface area contributed by atoms with Crippen LogP contribution in [0.2, 0.25) is 0 Å². The van der Waals surface area contributed by atoms with E-state index in [0.717, 1.165) is 5.69 Å². The Kier molecular flexibility index (Phi) is 4.81. The van der Waals surface area contributed by atoms with Crippen LogP contribution in [0.5, 0.6) is 0 Å². The Morgan fingerprint density at radius 2 is 2.10 bits per heavy atom. The average Bonchev–Trinajstić information content (AvgIpc) is 2.25. The zero-order chi connectivity index (χ0) is 15.5. The minimum atomic E-state index is -0.896. The number of amides is 1. The number of primary amides is 1. The average molecular weight is 281 g/mol. The molecule has 0 aliphatic rings. The highest BCUT2D eigenvalue weighted by atomic mass is 16.6. The van der Waals surface area contributed by atoms with Crippen molar-refractivity contribution in [3.63, 3.8) is 0 Å². The van der Waals surface area contributed by atoms with Crippen LogP contribution in [-0.4, -0.2) is 17.6 Å². The van der Waals surface area contributed by atoms with Gasteiger partial charge in [-0.1, -0.05) is 20.8 Å². The van der Waals surface area contributed by atoms with Gasteiger partial charge in [-0.05, 0) is 19.9 Å². The van der Waals surface area contributed by atoms with Gasteiger partial charge in [-0.15, -0.1) is 0 Å². The minimum absolute atomic E-state index is 0.276. The fraction of sp³-hybridized carbons (Fsp3) is 0.571. The predicted molar refractivity (Wildman–Crippen MR) is 78.8 cm³/mol. The molecule has 0 aromatic carbocycles. The van der Waals surface area contributed by atoms with E-state index in [9.17, 15) is 9.59 Å². The van der Waals surface area contributed by atoms with Gasteiger partial charge in [0.25, 0.3) is 5.56 Å². The highest BCUT2D eigenvalue weighted by Gasteiger charge is 2.33. The molecule has 20 heavy (non-hydrogen) atoms. The highest BCUT2D eigenvalue weighted by Crippen LogP contribution is 2.37. The summed E-state index contributed by atoms with van der Waals surface area (Å²) in [4.78, 5) is 26.2. The van der Waals surface area contributed by atoms with Crippen LogP contribution >= 0.6 is 0 Å². The van der Waals surface area contributed by atoms with E-state index < -0.39 is 17.6 Å². The minimum Gasteiger partial charge on any atom is -0.441 e. The maximum atomic E-state index is 12.3. The molecule has 0 aliphatic carbocycles. The first-order chi connectivity index (χ1) is 9.16. The monoisotopic (exact) mass is 281 g/mol. The molecule has 0 spiro atoms. The van der Waals surface area contributed by atoms with E-state index in [-0.39, 0.29) is 5.56 Å². The van der Waals surface area contributed by atoms with Gasteiger partial charge < -0.3 is 20.8 Å². The smallest absolute Gasteiger partial charge is 0.405 e. The second-order valence-electron chi connectivity index (χ2n) is 5.82. The molecule has 1 unspecified atom stereocenters. The van der Waals surface area contributed by atoms with Crippen LogP contribution in [0.25, 0.3) is 0 Å². The molecule has 6 nitrogen and oxygen atoms in total. The first-order valence-electron chi connectivity index (χ1n) is 6.60. The molecule has 0 saturated carbocycles. The van der Waals surface area contributed by atoms with Gasteiger partial charge in [0.15, 0.2) is 0 Å².